The lowest BCUT2D eigenvalue weighted by atomic mass is 10.3. The van der Waals surface area contributed by atoms with Crippen molar-refractivity contribution in [1.82, 2.24) is 9.55 Å². The molecule has 0 fully saturated rings. The number of ether oxygens (including phenoxy) is 1. The van der Waals surface area contributed by atoms with Gasteiger partial charge in [0, 0.05) is 19.0 Å². The number of carbonyl (C=O) groups excluding carboxylic acids is 1. The Morgan fingerprint density at radius 2 is 2.29 bits per heavy atom. The summed E-state index contributed by atoms with van der Waals surface area (Å²) in [5, 5.41) is 0. The molecular formula is C13H16N2O2. The molecule has 1 aromatic carbocycles. The number of aryl methyl sites for hydroxylation is 2. The van der Waals surface area contributed by atoms with Gasteiger partial charge in [0.1, 0.15) is 17.9 Å². The van der Waals surface area contributed by atoms with Crippen molar-refractivity contribution in [2.45, 2.75) is 26.3 Å². The number of unbranched alkanes of at least 4 members (excludes halogenated alkanes) is 1. The molecule has 0 radical (unpaired) electrons. The van der Waals surface area contributed by atoms with Gasteiger partial charge in [-0.3, -0.25) is 0 Å². The molecule has 17 heavy (non-hydrogen) atoms. The molecule has 0 aliphatic carbocycles. The molecule has 0 unspecified atom stereocenters. The summed E-state index contributed by atoms with van der Waals surface area (Å²) in [5.41, 5.74) is 2.03. The number of aromatic nitrogens is 2. The third-order valence-electron chi connectivity index (χ3n) is 2.85. The Bertz CT molecular complexity index is 531. The lowest BCUT2D eigenvalue weighted by molar-refractivity contribution is -0.107. The first-order valence-corrected chi connectivity index (χ1v) is 5.71. The Labute approximate surface area is 100 Å². The SMILES string of the molecule is COc1ccc2c(c1)nc(C)n2CCCC=O. The minimum absolute atomic E-state index is 0.593. The number of hydrogen-bond acceptors (Lipinski definition) is 3. The van der Waals surface area contributed by atoms with Crippen molar-refractivity contribution in [3.8, 4) is 5.75 Å². The fraction of sp³-hybridized carbons (Fsp3) is 0.385. The molecule has 0 amide bonds. The van der Waals surface area contributed by atoms with Gasteiger partial charge in [-0.2, -0.15) is 0 Å². The first kappa shape index (κ1) is 11.6. The number of methoxy groups -OCH3 is 1. The van der Waals surface area contributed by atoms with E-state index in [0.717, 1.165) is 41.9 Å². The van der Waals surface area contributed by atoms with E-state index < -0.39 is 0 Å². The molecule has 2 rings (SSSR count). The van der Waals surface area contributed by atoms with Gasteiger partial charge in [-0.15, -0.1) is 0 Å². The van der Waals surface area contributed by atoms with Gasteiger partial charge in [0.2, 0.25) is 0 Å². The van der Waals surface area contributed by atoms with Crippen LogP contribution in [0.25, 0.3) is 11.0 Å². The first-order valence-electron chi connectivity index (χ1n) is 5.71. The number of imidazole rings is 1. The monoisotopic (exact) mass is 232 g/mol. The van der Waals surface area contributed by atoms with Crippen molar-refractivity contribution < 1.29 is 9.53 Å². The van der Waals surface area contributed by atoms with Crippen LogP contribution in [-0.2, 0) is 11.3 Å². The quantitative estimate of drug-likeness (QED) is 0.587. The van der Waals surface area contributed by atoms with Crippen LogP contribution in [0.4, 0.5) is 0 Å². The summed E-state index contributed by atoms with van der Waals surface area (Å²) in [4.78, 5) is 14.8. The molecule has 0 saturated carbocycles. The molecule has 4 nitrogen and oxygen atoms in total. The summed E-state index contributed by atoms with van der Waals surface area (Å²) < 4.78 is 7.31. The van der Waals surface area contributed by atoms with Crippen molar-refractivity contribution in [3.63, 3.8) is 0 Å². The Hall–Kier alpha value is -1.84. The summed E-state index contributed by atoms with van der Waals surface area (Å²) in [6, 6.07) is 5.87. The van der Waals surface area contributed by atoms with Crippen LogP contribution in [-0.4, -0.2) is 22.9 Å². The summed E-state index contributed by atoms with van der Waals surface area (Å²) in [5.74, 6) is 1.79. The average Bonchev–Trinajstić information content (AvgIpc) is 2.65. The van der Waals surface area contributed by atoms with E-state index in [4.69, 9.17) is 4.74 Å². The van der Waals surface area contributed by atoms with Gasteiger partial charge in [0.25, 0.3) is 0 Å². The fourth-order valence-corrected chi connectivity index (χ4v) is 1.97. The summed E-state index contributed by atoms with van der Waals surface area (Å²) in [7, 11) is 1.65. The molecule has 0 saturated heterocycles. The Morgan fingerprint density at radius 1 is 1.47 bits per heavy atom. The molecule has 0 bridgehead atoms. The maximum atomic E-state index is 10.3. The maximum absolute atomic E-state index is 10.3. The third-order valence-corrected chi connectivity index (χ3v) is 2.85. The highest BCUT2D eigenvalue weighted by Gasteiger charge is 2.07. The van der Waals surface area contributed by atoms with Crippen LogP contribution in [0.2, 0.25) is 0 Å². The second-order valence-corrected chi connectivity index (χ2v) is 3.97. The summed E-state index contributed by atoms with van der Waals surface area (Å²) in [6.07, 6.45) is 2.40. The highest BCUT2D eigenvalue weighted by molar-refractivity contribution is 5.77. The topological polar surface area (TPSA) is 44.1 Å². The number of hydrogen-bond donors (Lipinski definition) is 0. The number of nitrogens with zero attached hydrogens (tertiary/aromatic N) is 2. The summed E-state index contributed by atoms with van der Waals surface area (Å²) in [6.45, 7) is 2.81. The number of fused-ring (bicyclic) bond motifs is 1. The first-order chi connectivity index (χ1) is 8.26. The third kappa shape index (κ3) is 2.30. The number of benzene rings is 1. The molecule has 90 valence electrons. The minimum atomic E-state index is 0.593. The zero-order valence-corrected chi connectivity index (χ0v) is 10.1. The van der Waals surface area contributed by atoms with Gasteiger partial charge in [0.15, 0.2) is 0 Å². The lowest BCUT2D eigenvalue weighted by Gasteiger charge is -2.05. The number of rotatable bonds is 5. The van der Waals surface area contributed by atoms with Crippen molar-refractivity contribution >= 4 is 17.3 Å². The van der Waals surface area contributed by atoms with Crippen molar-refractivity contribution in [2.75, 3.05) is 7.11 Å². The van der Waals surface area contributed by atoms with E-state index in [-0.39, 0.29) is 0 Å². The van der Waals surface area contributed by atoms with Crippen molar-refractivity contribution in [1.29, 1.82) is 0 Å². The largest absolute Gasteiger partial charge is 0.497 e. The smallest absolute Gasteiger partial charge is 0.121 e. The van der Waals surface area contributed by atoms with Crippen molar-refractivity contribution in [2.24, 2.45) is 0 Å². The van der Waals surface area contributed by atoms with E-state index in [9.17, 15) is 4.79 Å². The molecule has 0 N–H and O–H groups in total. The van der Waals surface area contributed by atoms with E-state index in [0.29, 0.717) is 6.42 Å². The molecule has 0 atom stereocenters. The molecular weight excluding hydrogens is 216 g/mol. The van der Waals surface area contributed by atoms with Crippen LogP contribution >= 0.6 is 0 Å². The highest BCUT2D eigenvalue weighted by Crippen LogP contribution is 2.21. The van der Waals surface area contributed by atoms with Crippen molar-refractivity contribution in [3.05, 3.63) is 24.0 Å². The average molecular weight is 232 g/mol. The molecule has 0 spiro atoms. The molecule has 2 aromatic rings. The maximum Gasteiger partial charge on any atom is 0.121 e. The van der Waals surface area contributed by atoms with Crippen LogP contribution in [0.5, 0.6) is 5.75 Å². The van der Waals surface area contributed by atoms with Crippen LogP contribution in [0.15, 0.2) is 18.2 Å². The second-order valence-electron chi connectivity index (χ2n) is 3.97. The second kappa shape index (κ2) is 4.99. The van der Waals surface area contributed by atoms with Crippen LogP contribution < -0.4 is 4.74 Å². The van der Waals surface area contributed by atoms with Crippen LogP contribution in [0, 0.1) is 6.92 Å². The van der Waals surface area contributed by atoms with Gasteiger partial charge in [-0.25, -0.2) is 4.98 Å². The van der Waals surface area contributed by atoms with E-state index in [2.05, 4.69) is 9.55 Å². The predicted molar refractivity (Wildman–Crippen MR) is 66.3 cm³/mol. The lowest BCUT2D eigenvalue weighted by Crippen LogP contribution is -2.00. The zero-order chi connectivity index (χ0) is 12.3. The Morgan fingerprint density at radius 3 is 3.00 bits per heavy atom. The van der Waals surface area contributed by atoms with E-state index in [1.54, 1.807) is 7.11 Å². The van der Waals surface area contributed by atoms with E-state index in [1.165, 1.54) is 0 Å². The zero-order valence-electron chi connectivity index (χ0n) is 10.1. The van der Waals surface area contributed by atoms with E-state index in [1.807, 2.05) is 25.1 Å². The molecule has 0 aliphatic heterocycles. The summed E-state index contributed by atoms with van der Waals surface area (Å²) >= 11 is 0. The van der Waals surface area contributed by atoms with Gasteiger partial charge in [-0.1, -0.05) is 0 Å². The predicted octanol–water partition coefficient (Wildman–Crippen LogP) is 2.33. The van der Waals surface area contributed by atoms with Gasteiger partial charge in [-0.05, 0) is 25.5 Å². The fourth-order valence-electron chi connectivity index (χ4n) is 1.97. The van der Waals surface area contributed by atoms with Crippen LogP contribution in [0.1, 0.15) is 18.7 Å². The van der Waals surface area contributed by atoms with Gasteiger partial charge < -0.3 is 14.1 Å². The standard InChI is InChI=1S/C13H16N2O2/c1-10-14-12-9-11(17-2)5-6-13(12)15(10)7-3-4-8-16/h5-6,8-9H,3-4,7H2,1-2H3. The molecule has 1 heterocycles. The van der Waals surface area contributed by atoms with Gasteiger partial charge >= 0.3 is 0 Å². The number of carbonyl (C=O) groups is 1. The molecule has 0 aliphatic rings. The van der Waals surface area contributed by atoms with E-state index >= 15 is 0 Å². The number of aldehydes is 1. The molecule has 4 heteroatoms. The Balaban J connectivity index is 2.34. The molecule has 1 aromatic heterocycles. The van der Waals surface area contributed by atoms with Crippen LogP contribution in [0.3, 0.4) is 0 Å². The van der Waals surface area contributed by atoms with Gasteiger partial charge in [0.05, 0.1) is 18.1 Å². The Kier molecular flexibility index (Phi) is 3.42. The normalized spacial score (nSPS) is 10.7. The minimum Gasteiger partial charge on any atom is -0.497 e. The highest BCUT2D eigenvalue weighted by atomic mass is 16.5.